The largest absolute Gasteiger partial charge is 0.363 e. The van der Waals surface area contributed by atoms with Gasteiger partial charge in [-0.2, -0.15) is 0 Å². The number of benzene rings is 1. The third-order valence-corrected chi connectivity index (χ3v) is 3.83. The summed E-state index contributed by atoms with van der Waals surface area (Å²) in [6.45, 7) is 5.70. The van der Waals surface area contributed by atoms with E-state index in [9.17, 15) is 4.79 Å². The lowest BCUT2D eigenvalue weighted by molar-refractivity contribution is -0.136. The van der Waals surface area contributed by atoms with Gasteiger partial charge in [-0.15, -0.1) is 0 Å². The summed E-state index contributed by atoms with van der Waals surface area (Å²) in [6.07, 6.45) is 0. The van der Waals surface area contributed by atoms with Gasteiger partial charge in [0.1, 0.15) is 6.61 Å². The molecule has 104 valence electrons. The van der Waals surface area contributed by atoms with E-state index < -0.39 is 0 Å². The molecule has 1 heterocycles. The van der Waals surface area contributed by atoms with Gasteiger partial charge in [0.2, 0.25) is 5.91 Å². The summed E-state index contributed by atoms with van der Waals surface area (Å²) in [5.74, 6) is -0.0801. The van der Waals surface area contributed by atoms with Crippen molar-refractivity contribution in [3.8, 4) is 0 Å². The topological polar surface area (TPSA) is 50.4 Å². The van der Waals surface area contributed by atoms with Crippen molar-refractivity contribution in [2.24, 2.45) is 0 Å². The predicted molar refractivity (Wildman–Crippen MR) is 77.9 cm³/mol. The van der Waals surface area contributed by atoms with E-state index in [2.05, 4.69) is 26.6 Å². The molecule has 0 saturated carbocycles. The molecule has 0 bridgehead atoms. The number of rotatable bonds is 5. The first-order valence-corrected chi connectivity index (χ1v) is 7.17. The molecule has 2 rings (SSSR count). The molecule has 0 aliphatic carbocycles. The Morgan fingerprint density at radius 2 is 2.11 bits per heavy atom. The minimum absolute atomic E-state index is 0.0171. The van der Waals surface area contributed by atoms with E-state index in [4.69, 9.17) is 4.74 Å². The number of hydrogen-bond donors (Lipinski definition) is 2. The average Bonchev–Trinajstić information content (AvgIpc) is 2.35. The standard InChI is InChI=1S/C14H19BrN2O2/c1-10(11-3-5-12(15)6-4-11)17-13(18)7-19-14(2)8-16-9-14/h3-6,10,16H,7-9H2,1-2H3,(H,17,18)/t10-/m0/s1. The Balaban J connectivity index is 1.79. The summed E-state index contributed by atoms with van der Waals surface area (Å²) in [5.41, 5.74) is 0.895. The van der Waals surface area contributed by atoms with Crippen LogP contribution in [0.1, 0.15) is 25.5 Å². The molecule has 1 atom stereocenters. The van der Waals surface area contributed by atoms with Gasteiger partial charge in [-0.05, 0) is 31.5 Å². The summed E-state index contributed by atoms with van der Waals surface area (Å²) >= 11 is 3.39. The van der Waals surface area contributed by atoms with Crippen LogP contribution in [0.25, 0.3) is 0 Å². The highest BCUT2D eigenvalue weighted by Gasteiger charge is 2.33. The Labute approximate surface area is 122 Å². The van der Waals surface area contributed by atoms with Crippen molar-refractivity contribution < 1.29 is 9.53 Å². The summed E-state index contributed by atoms with van der Waals surface area (Å²) in [4.78, 5) is 11.8. The monoisotopic (exact) mass is 326 g/mol. The van der Waals surface area contributed by atoms with Gasteiger partial charge < -0.3 is 15.4 Å². The first-order chi connectivity index (χ1) is 8.98. The number of ether oxygens (including phenoxy) is 1. The zero-order valence-electron chi connectivity index (χ0n) is 11.2. The lowest BCUT2D eigenvalue weighted by atomic mass is 10.0. The van der Waals surface area contributed by atoms with Crippen LogP contribution >= 0.6 is 15.9 Å². The first-order valence-electron chi connectivity index (χ1n) is 6.38. The zero-order valence-corrected chi connectivity index (χ0v) is 12.8. The Morgan fingerprint density at radius 3 is 2.63 bits per heavy atom. The van der Waals surface area contributed by atoms with Crippen LogP contribution in [0.15, 0.2) is 28.7 Å². The van der Waals surface area contributed by atoms with Crippen molar-refractivity contribution >= 4 is 21.8 Å². The summed E-state index contributed by atoms with van der Waals surface area (Å²) in [7, 11) is 0. The minimum atomic E-state index is -0.182. The summed E-state index contributed by atoms with van der Waals surface area (Å²) in [5, 5.41) is 6.07. The molecule has 1 saturated heterocycles. The second-order valence-electron chi connectivity index (χ2n) is 5.18. The number of halogens is 1. The Hall–Kier alpha value is -0.910. The van der Waals surface area contributed by atoms with E-state index in [0.29, 0.717) is 0 Å². The van der Waals surface area contributed by atoms with Gasteiger partial charge >= 0.3 is 0 Å². The molecule has 1 amide bonds. The molecule has 1 aliphatic heterocycles. The second kappa shape index (κ2) is 6.03. The van der Waals surface area contributed by atoms with Crippen LogP contribution in [0, 0.1) is 0 Å². The van der Waals surface area contributed by atoms with Crippen molar-refractivity contribution in [1.29, 1.82) is 0 Å². The second-order valence-corrected chi connectivity index (χ2v) is 6.10. The SMILES string of the molecule is C[C@H](NC(=O)COC1(C)CNC1)c1ccc(Br)cc1. The molecule has 1 aromatic carbocycles. The third-order valence-electron chi connectivity index (χ3n) is 3.30. The molecule has 4 nitrogen and oxygen atoms in total. The molecule has 0 aromatic heterocycles. The Kier molecular flexibility index (Phi) is 4.60. The summed E-state index contributed by atoms with van der Waals surface area (Å²) < 4.78 is 6.63. The van der Waals surface area contributed by atoms with Gasteiger partial charge in [0, 0.05) is 17.6 Å². The number of carbonyl (C=O) groups is 1. The fourth-order valence-electron chi connectivity index (χ4n) is 1.94. The van der Waals surface area contributed by atoms with Crippen LogP contribution in [0.2, 0.25) is 0 Å². The highest BCUT2D eigenvalue weighted by Crippen LogP contribution is 2.17. The lowest BCUT2D eigenvalue weighted by Gasteiger charge is -2.38. The minimum Gasteiger partial charge on any atom is -0.363 e. The van der Waals surface area contributed by atoms with Crippen molar-refractivity contribution in [1.82, 2.24) is 10.6 Å². The van der Waals surface area contributed by atoms with Crippen LogP contribution in [-0.4, -0.2) is 31.2 Å². The van der Waals surface area contributed by atoms with Crippen molar-refractivity contribution in [2.75, 3.05) is 19.7 Å². The van der Waals surface area contributed by atoms with Gasteiger partial charge in [-0.3, -0.25) is 4.79 Å². The number of hydrogen-bond acceptors (Lipinski definition) is 3. The third kappa shape index (κ3) is 4.03. The van der Waals surface area contributed by atoms with E-state index in [1.807, 2.05) is 38.1 Å². The number of nitrogens with one attached hydrogen (secondary N) is 2. The fourth-order valence-corrected chi connectivity index (χ4v) is 2.20. The Bertz CT molecular complexity index is 443. The van der Waals surface area contributed by atoms with Crippen LogP contribution in [0.3, 0.4) is 0 Å². The van der Waals surface area contributed by atoms with Gasteiger partial charge in [-0.25, -0.2) is 0 Å². The molecule has 5 heteroatoms. The average molecular weight is 327 g/mol. The van der Waals surface area contributed by atoms with E-state index in [0.717, 1.165) is 23.1 Å². The quantitative estimate of drug-likeness (QED) is 0.870. The molecule has 1 fully saturated rings. The first kappa shape index (κ1) is 14.5. The van der Waals surface area contributed by atoms with Gasteiger partial charge in [0.05, 0.1) is 11.6 Å². The van der Waals surface area contributed by atoms with Crippen molar-refractivity contribution in [2.45, 2.75) is 25.5 Å². The highest BCUT2D eigenvalue weighted by atomic mass is 79.9. The molecule has 1 aliphatic rings. The number of carbonyl (C=O) groups excluding carboxylic acids is 1. The smallest absolute Gasteiger partial charge is 0.246 e. The Morgan fingerprint density at radius 1 is 1.47 bits per heavy atom. The molecule has 0 radical (unpaired) electrons. The predicted octanol–water partition coefficient (Wildman–Crippen LogP) is 2.00. The van der Waals surface area contributed by atoms with Crippen molar-refractivity contribution in [3.05, 3.63) is 34.3 Å². The zero-order chi connectivity index (χ0) is 13.9. The normalized spacial score (nSPS) is 18.5. The fraction of sp³-hybridized carbons (Fsp3) is 0.500. The molecule has 1 aromatic rings. The van der Waals surface area contributed by atoms with Gasteiger partial charge in [-0.1, -0.05) is 28.1 Å². The maximum Gasteiger partial charge on any atom is 0.246 e. The molecular formula is C14H19BrN2O2. The van der Waals surface area contributed by atoms with Crippen LogP contribution in [0.4, 0.5) is 0 Å². The van der Waals surface area contributed by atoms with Crippen molar-refractivity contribution in [3.63, 3.8) is 0 Å². The summed E-state index contributed by atoms with van der Waals surface area (Å²) in [6, 6.07) is 7.90. The molecule has 0 unspecified atom stereocenters. The van der Waals surface area contributed by atoms with Crippen LogP contribution < -0.4 is 10.6 Å². The van der Waals surface area contributed by atoms with E-state index in [-0.39, 0.29) is 24.2 Å². The maximum atomic E-state index is 11.8. The maximum absolute atomic E-state index is 11.8. The van der Waals surface area contributed by atoms with E-state index in [1.165, 1.54) is 0 Å². The molecule has 2 N–H and O–H groups in total. The van der Waals surface area contributed by atoms with Gasteiger partial charge in [0.25, 0.3) is 0 Å². The van der Waals surface area contributed by atoms with E-state index in [1.54, 1.807) is 0 Å². The van der Waals surface area contributed by atoms with Gasteiger partial charge in [0.15, 0.2) is 0 Å². The van der Waals surface area contributed by atoms with Crippen LogP contribution in [-0.2, 0) is 9.53 Å². The molecule has 19 heavy (non-hydrogen) atoms. The molecule has 0 spiro atoms. The lowest BCUT2D eigenvalue weighted by Crippen LogP contribution is -2.59. The molecular weight excluding hydrogens is 308 g/mol. The van der Waals surface area contributed by atoms with Crippen LogP contribution in [0.5, 0.6) is 0 Å². The van der Waals surface area contributed by atoms with E-state index >= 15 is 0 Å². The highest BCUT2D eigenvalue weighted by molar-refractivity contribution is 9.10. The number of amides is 1.